The Morgan fingerprint density at radius 2 is 1.23 bits per heavy atom. The lowest BCUT2D eigenvalue weighted by Gasteiger charge is -2.37. The van der Waals surface area contributed by atoms with Gasteiger partial charge in [-0.15, -0.1) is 0 Å². The highest BCUT2D eigenvalue weighted by Crippen LogP contribution is 2.52. The Balaban J connectivity index is 1.09. The van der Waals surface area contributed by atoms with E-state index in [9.17, 15) is 0 Å². The molecule has 0 saturated carbocycles. The molecule has 2 unspecified atom stereocenters. The van der Waals surface area contributed by atoms with E-state index in [2.05, 4.69) is 196 Å². The fourth-order valence-corrected chi connectivity index (χ4v) is 9.94. The number of anilines is 1. The first kappa shape index (κ1) is 32.0. The molecule has 1 heteroatoms. The molecule has 0 amide bonds. The van der Waals surface area contributed by atoms with Crippen LogP contribution in [-0.2, 0) is 10.8 Å². The molecule has 0 saturated heterocycles. The molecule has 0 N–H and O–H groups in total. The zero-order valence-electron chi connectivity index (χ0n) is 31.1. The first-order valence-corrected chi connectivity index (χ1v) is 19.3. The van der Waals surface area contributed by atoms with E-state index in [1.54, 1.807) is 0 Å². The minimum Gasteiger partial charge on any atom is -0.311 e. The van der Waals surface area contributed by atoms with Crippen molar-refractivity contribution >= 4 is 11.3 Å². The van der Waals surface area contributed by atoms with Gasteiger partial charge in [0.2, 0.25) is 0 Å². The molecule has 0 bridgehead atoms. The Morgan fingerprint density at radius 1 is 0.585 bits per heavy atom. The normalized spacial score (nSPS) is 20.9. The molecule has 5 aliphatic carbocycles. The second-order valence-electron chi connectivity index (χ2n) is 16.4. The highest BCUT2D eigenvalue weighted by Gasteiger charge is 2.38. The molecule has 0 radical (unpaired) electrons. The summed E-state index contributed by atoms with van der Waals surface area (Å²) in [6.45, 7) is 9.52. The van der Waals surface area contributed by atoms with Gasteiger partial charge >= 0.3 is 0 Å². The first-order chi connectivity index (χ1) is 25.8. The summed E-state index contributed by atoms with van der Waals surface area (Å²) in [6.07, 6.45) is 20.9. The highest BCUT2D eigenvalue weighted by molar-refractivity contribution is 5.87. The number of allylic oxidation sites excluding steroid dienone is 10. The van der Waals surface area contributed by atoms with E-state index in [0.717, 1.165) is 12.8 Å². The van der Waals surface area contributed by atoms with Gasteiger partial charge < -0.3 is 4.90 Å². The van der Waals surface area contributed by atoms with Crippen LogP contribution in [0.1, 0.15) is 79.8 Å². The molecule has 0 heterocycles. The summed E-state index contributed by atoms with van der Waals surface area (Å²) in [4.78, 5) is 2.56. The lowest BCUT2D eigenvalue weighted by atomic mass is 9.77. The van der Waals surface area contributed by atoms with Crippen molar-refractivity contribution in [1.82, 2.24) is 0 Å². The quantitative estimate of drug-likeness (QED) is 0.178. The van der Waals surface area contributed by atoms with Gasteiger partial charge in [0, 0.05) is 34.1 Å². The number of hydrogen-bond donors (Lipinski definition) is 0. The van der Waals surface area contributed by atoms with Crippen LogP contribution < -0.4 is 4.90 Å². The van der Waals surface area contributed by atoms with Crippen molar-refractivity contribution in [2.45, 2.75) is 57.3 Å². The summed E-state index contributed by atoms with van der Waals surface area (Å²) >= 11 is 0. The van der Waals surface area contributed by atoms with Gasteiger partial charge in [0.05, 0.1) is 5.70 Å². The molecule has 0 aliphatic heterocycles. The van der Waals surface area contributed by atoms with E-state index in [0.29, 0.717) is 11.8 Å². The highest BCUT2D eigenvalue weighted by atomic mass is 15.2. The fraction of sp³-hybridized carbons (Fsp3) is 0.192. The third-order valence-electron chi connectivity index (χ3n) is 12.8. The average Bonchev–Trinajstić information content (AvgIpc) is 3.57. The van der Waals surface area contributed by atoms with E-state index < -0.39 is 0 Å². The Kier molecular flexibility index (Phi) is 7.21. The molecule has 0 spiro atoms. The number of nitrogens with zero attached hydrogens (tertiary/aromatic N) is 1. The van der Waals surface area contributed by atoms with Crippen molar-refractivity contribution in [3.8, 4) is 22.3 Å². The number of hydrogen-bond acceptors (Lipinski definition) is 1. The van der Waals surface area contributed by atoms with Gasteiger partial charge in [-0.2, -0.15) is 0 Å². The van der Waals surface area contributed by atoms with Crippen LogP contribution in [0.25, 0.3) is 27.8 Å². The SMILES string of the molecule is CC1(C)c2ccccc2-c2ccc(C3C=CC(N(C4=C(c5ccccc5)C5CC=CC=C5C=C4)c4ccc5c(c4)C(C)(C)c4ccccc4-5)=CC3)cc21. The first-order valence-electron chi connectivity index (χ1n) is 19.3. The van der Waals surface area contributed by atoms with Crippen LogP contribution in [0.15, 0.2) is 181 Å². The molecular formula is C52H45N. The summed E-state index contributed by atoms with van der Waals surface area (Å²) in [5.41, 5.74) is 20.2. The maximum Gasteiger partial charge on any atom is 0.0505 e. The van der Waals surface area contributed by atoms with Gasteiger partial charge in [0.15, 0.2) is 0 Å². The second-order valence-corrected chi connectivity index (χ2v) is 16.4. The molecule has 53 heavy (non-hydrogen) atoms. The largest absolute Gasteiger partial charge is 0.311 e. The van der Waals surface area contributed by atoms with Crippen LogP contribution in [0.3, 0.4) is 0 Å². The van der Waals surface area contributed by atoms with Gasteiger partial charge in [0.25, 0.3) is 0 Å². The average molecular weight is 684 g/mol. The van der Waals surface area contributed by atoms with Gasteiger partial charge in [-0.25, -0.2) is 0 Å². The summed E-state index contributed by atoms with van der Waals surface area (Å²) in [5.74, 6) is 0.626. The molecule has 5 aromatic carbocycles. The zero-order chi connectivity index (χ0) is 35.9. The van der Waals surface area contributed by atoms with Crippen molar-refractivity contribution in [1.29, 1.82) is 0 Å². The minimum atomic E-state index is -0.0837. The maximum atomic E-state index is 2.56. The van der Waals surface area contributed by atoms with E-state index in [-0.39, 0.29) is 10.8 Å². The number of rotatable bonds is 5. The Hall–Kier alpha value is -5.66. The molecule has 10 rings (SSSR count). The third-order valence-corrected chi connectivity index (χ3v) is 12.8. The van der Waals surface area contributed by atoms with Crippen LogP contribution in [0.5, 0.6) is 0 Å². The maximum absolute atomic E-state index is 2.56. The smallest absolute Gasteiger partial charge is 0.0505 e. The van der Waals surface area contributed by atoms with E-state index in [1.165, 1.54) is 83.9 Å². The monoisotopic (exact) mass is 683 g/mol. The van der Waals surface area contributed by atoms with Crippen LogP contribution in [0.2, 0.25) is 0 Å². The van der Waals surface area contributed by atoms with Crippen LogP contribution in [-0.4, -0.2) is 0 Å². The van der Waals surface area contributed by atoms with Crippen molar-refractivity contribution in [2.75, 3.05) is 4.90 Å². The van der Waals surface area contributed by atoms with Crippen molar-refractivity contribution < 1.29 is 0 Å². The Morgan fingerprint density at radius 3 is 1.92 bits per heavy atom. The van der Waals surface area contributed by atoms with Crippen molar-refractivity contribution in [2.24, 2.45) is 5.92 Å². The molecule has 258 valence electrons. The summed E-state index contributed by atoms with van der Waals surface area (Å²) < 4.78 is 0. The van der Waals surface area contributed by atoms with E-state index >= 15 is 0 Å². The number of fused-ring (bicyclic) bond motifs is 7. The molecule has 2 atom stereocenters. The van der Waals surface area contributed by atoms with E-state index in [4.69, 9.17) is 0 Å². The topological polar surface area (TPSA) is 3.24 Å². The number of benzene rings is 5. The van der Waals surface area contributed by atoms with Gasteiger partial charge in [-0.1, -0.05) is 167 Å². The van der Waals surface area contributed by atoms with Crippen LogP contribution >= 0.6 is 0 Å². The standard InChI is InChI=1S/C52H45N/c1-51(2)45-20-12-10-18-41(45)43-29-24-37(32-47(43)51)34-22-26-38(27-23-34)53(39-28-30-44-42-19-11-13-21-46(42)52(3,4)48(44)33-39)49-31-25-35-14-8-9-17-40(35)50(49)36-15-6-5-7-16-36/h5-16,18-22,24-34,40H,17,23H2,1-4H3. The molecule has 0 aromatic heterocycles. The van der Waals surface area contributed by atoms with Crippen LogP contribution in [0, 0.1) is 5.92 Å². The predicted octanol–water partition coefficient (Wildman–Crippen LogP) is 13.2. The molecular weight excluding hydrogens is 639 g/mol. The Bertz CT molecular complexity index is 2510. The van der Waals surface area contributed by atoms with Gasteiger partial charge in [-0.3, -0.25) is 0 Å². The van der Waals surface area contributed by atoms with Gasteiger partial charge in [0.1, 0.15) is 0 Å². The Labute approximate surface area is 314 Å². The fourth-order valence-electron chi connectivity index (χ4n) is 9.94. The van der Waals surface area contributed by atoms with Gasteiger partial charge in [-0.05, 0) is 104 Å². The van der Waals surface area contributed by atoms with Crippen LogP contribution in [0.4, 0.5) is 5.69 Å². The summed E-state index contributed by atoms with van der Waals surface area (Å²) in [6, 6.07) is 43.4. The molecule has 1 nitrogen and oxygen atoms in total. The summed E-state index contributed by atoms with van der Waals surface area (Å²) in [7, 11) is 0. The second kappa shape index (κ2) is 11.9. The molecule has 0 fully saturated rings. The third kappa shape index (κ3) is 4.90. The molecule has 5 aliphatic rings. The summed E-state index contributed by atoms with van der Waals surface area (Å²) in [5, 5.41) is 0. The lowest BCUT2D eigenvalue weighted by Crippen LogP contribution is -2.27. The predicted molar refractivity (Wildman–Crippen MR) is 223 cm³/mol. The van der Waals surface area contributed by atoms with E-state index in [1.807, 2.05) is 0 Å². The zero-order valence-corrected chi connectivity index (χ0v) is 31.1. The van der Waals surface area contributed by atoms with Crippen molar-refractivity contribution in [3.63, 3.8) is 0 Å². The minimum absolute atomic E-state index is 0.00560. The lowest BCUT2D eigenvalue weighted by molar-refractivity contribution is 0.658. The molecule has 5 aromatic rings. The van der Waals surface area contributed by atoms with Crippen molar-refractivity contribution in [3.05, 3.63) is 214 Å².